The van der Waals surface area contributed by atoms with Crippen molar-refractivity contribution in [1.29, 1.82) is 5.26 Å². The number of hydrogen-bond acceptors (Lipinski definition) is 3. The summed E-state index contributed by atoms with van der Waals surface area (Å²) in [5.41, 5.74) is 0. The van der Waals surface area contributed by atoms with Crippen LogP contribution >= 0.6 is 0 Å². The zero-order chi connectivity index (χ0) is 15.1. The van der Waals surface area contributed by atoms with Crippen molar-refractivity contribution in [2.45, 2.75) is 32.6 Å². The smallest absolute Gasteiger partial charge is 0.317 e. The number of amides is 2. The molecule has 1 fully saturated rings. The van der Waals surface area contributed by atoms with Crippen LogP contribution in [0.25, 0.3) is 0 Å². The number of nitrogens with zero attached hydrogens (tertiary/aromatic N) is 2. The van der Waals surface area contributed by atoms with E-state index in [-0.39, 0.29) is 18.5 Å². The molecule has 0 aromatic heterocycles. The Kier molecular flexibility index (Phi) is 6.29. The Morgan fingerprint density at radius 3 is 2.50 bits per heavy atom. The normalized spacial score (nSPS) is 23.4. The number of rotatable bonds is 5. The first-order valence-electron chi connectivity index (χ1n) is 7.05. The molecule has 1 aliphatic carbocycles. The molecule has 0 aromatic carbocycles. The van der Waals surface area contributed by atoms with E-state index in [0.717, 1.165) is 25.7 Å². The quantitative estimate of drug-likeness (QED) is 0.801. The van der Waals surface area contributed by atoms with Crippen LogP contribution in [0.5, 0.6) is 0 Å². The Morgan fingerprint density at radius 1 is 1.40 bits per heavy atom. The third kappa shape index (κ3) is 5.08. The highest BCUT2D eigenvalue weighted by atomic mass is 16.4. The second-order valence-electron chi connectivity index (χ2n) is 5.65. The van der Waals surface area contributed by atoms with E-state index in [0.29, 0.717) is 12.5 Å². The van der Waals surface area contributed by atoms with Gasteiger partial charge in [-0.15, -0.1) is 0 Å². The number of carboxylic acid groups (broad SMARTS) is 1. The van der Waals surface area contributed by atoms with Crippen molar-refractivity contribution in [2.24, 2.45) is 17.8 Å². The van der Waals surface area contributed by atoms with Crippen LogP contribution in [0, 0.1) is 29.1 Å². The van der Waals surface area contributed by atoms with Crippen LogP contribution in [0.3, 0.4) is 0 Å². The van der Waals surface area contributed by atoms with Crippen LogP contribution in [0.1, 0.15) is 32.6 Å². The first kappa shape index (κ1) is 16.3. The minimum Gasteiger partial charge on any atom is -0.481 e. The Hall–Kier alpha value is -1.77. The number of nitriles is 1. The van der Waals surface area contributed by atoms with E-state index < -0.39 is 11.9 Å². The number of urea groups is 1. The molecule has 1 atom stereocenters. The van der Waals surface area contributed by atoms with Gasteiger partial charge in [-0.05, 0) is 31.6 Å². The molecule has 2 N–H and O–H groups in total. The van der Waals surface area contributed by atoms with Gasteiger partial charge in [-0.3, -0.25) is 4.79 Å². The van der Waals surface area contributed by atoms with Crippen LogP contribution < -0.4 is 5.32 Å². The van der Waals surface area contributed by atoms with Gasteiger partial charge in [0.15, 0.2) is 0 Å². The number of carbonyl (C=O) groups excluding carboxylic acids is 1. The highest BCUT2D eigenvalue weighted by molar-refractivity contribution is 5.75. The van der Waals surface area contributed by atoms with Gasteiger partial charge >= 0.3 is 12.0 Å². The molecule has 6 nitrogen and oxygen atoms in total. The van der Waals surface area contributed by atoms with Crippen molar-refractivity contribution in [3.8, 4) is 6.07 Å². The van der Waals surface area contributed by atoms with Crippen molar-refractivity contribution < 1.29 is 14.7 Å². The molecule has 1 rings (SSSR count). The molecule has 6 heteroatoms. The largest absolute Gasteiger partial charge is 0.481 e. The van der Waals surface area contributed by atoms with Gasteiger partial charge in [0.25, 0.3) is 0 Å². The second-order valence-corrected chi connectivity index (χ2v) is 5.65. The predicted octanol–water partition coefficient (Wildman–Crippen LogP) is 1.68. The molecule has 112 valence electrons. The predicted molar refractivity (Wildman–Crippen MR) is 73.9 cm³/mol. The Morgan fingerprint density at radius 2 is 2.00 bits per heavy atom. The van der Waals surface area contributed by atoms with Crippen molar-refractivity contribution in [1.82, 2.24) is 10.2 Å². The monoisotopic (exact) mass is 281 g/mol. The molecule has 2 amide bonds. The molecule has 0 spiro atoms. The Bertz CT molecular complexity index is 384. The molecule has 0 aromatic rings. The standard InChI is InChI=1S/C14H23N3O3/c1-10(13(18)19)9-17(2)14(20)16-8-12-5-3-11(7-15)4-6-12/h10-12H,3-6,8-9H2,1-2H3,(H,16,20)(H,18,19). The molecular weight excluding hydrogens is 258 g/mol. The molecule has 0 aliphatic heterocycles. The van der Waals surface area contributed by atoms with E-state index in [1.54, 1.807) is 14.0 Å². The van der Waals surface area contributed by atoms with Gasteiger partial charge in [0.05, 0.1) is 12.0 Å². The maximum atomic E-state index is 11.8. The summed E-state index contributed by atoms with van der Waals surface area (Å²) in [6.07, 6.45) is 3.74. The van der Waals surface area contributed by atoms with Gasteiger partial charge in [-0.25, -0.2) is 4.79 Å². The number of carboxylic acids is 1. The average Bonchev–Trinajstić information content (AvgIpc) is 2.44. The van der Waals surface area contributed by atoms with Crippen LogP contribution in [0.2, 0.25) is 0 Å². The van der Waals surface area contributed by atoms with Crippen molar-refractivity contribution in [2.75, 3.05) is 20.1 Å². The molecule has 0 radical (unpaired) electrons. The number of aliphatic carboxylic acids is 1. The van der Waals surface area contributed by atoms with E-state index in [4.69, 9.17) is 10.4 Å². The van der Waals surface area contributed by atoms with Gasteiger partial charge < -0.3 is 15.3 Å². The van der Waals surface area contributed by atoms with Gasteiger partial charge in [-0.1, -0.05) is 6.92 Å². The van der Waals surface area contributed by atoms with E-state index in [9.17, 15) is 9.59 Å². The third-order valence-corrected chi connectivity index (χ3v) is 3.89. The minimum atomic E-state index is -0.903. The Labute approximate surface area is 119 Å². The molecule has 1 aliphatic rings. The number of hydrogen-bond donors (Lipinski definition) is 2. The summed E-state index contributed by atoms with van der Waals surface area (Å²) in [5.74, 6) is -0.883. The molecule has 20 heavy (non-hydrogen) atoms. The maximum Gasteiger partial charge on any atom is 0.317 e. The van der Waals surface area contributed by atoms with Crippen LogP contribution in [0.4, 0.5) is 4.79 Å². The number of carbonyl (C=O) groups is 2. The summed E-state index contributed by atoms with van der Waals surface area (Å²) >= 11 is 0. The summed E-state index contributed by atoms with van der Waals surface area (Å²) in [7, 11) is 1.60. The van der Waals surface area contributed by atoms with E-state index in [2.05, 4.69) is 11.4 Å². The highest BCUT2D eigenvalue weighted by Gasteiger charge is 2.22. The van der Waals surface area contributed by atoms with Crippen LogP contribution in [-0.2, 0) is 4.79 Å². The lowest BCUT2D eigenvalue weighted by atomic mass is 9.83. The zero-order valence-electron chi connectivity index (χ0n) is 12.1. The van der Waals surface area contributed by atoms with E-state index >= 15 is 0 Å². The zero-order valence-corrected chi connectivity index (χ0v) is 12.1. The number of nitrogens with one attached hydrogen (secondary N) is 1. The molecule has 0 bridgehead atoms. The molecule has 0 heterocycles. The first-order valence-corrected chi connectivity index (χ1v) is 7.05. The van der Waals surface area contributed by atoms with Gasteiger partial charge in [0.2, 0.25) is 0 Å². The first-order chi connectivity index (χ1) is 9.43. The summed E-state index contributed by atoms with van der Waals surface area (Å²) < 4.78 is 0. The van der Waals surface area contributed by atoms with Crippen molar-refractivity contribution in [3.05, 3.63) is 0 Å². The van der Waals surface area contributed by atoms with Crippen molar-refractivity contribution in [3.63, 3.8) is 0 Å². The fourth-order valence-corrected chi connectivity index (χ4v) is 2.43. The SMILES string of the molecule is CC(CN(C)C(=O)NCC1CCC(C#N)CC1)C(=O)O. The van der Waals surface area contributed by atoms with Gasteiger partial charge in [0, 0.05) is 26.1 Å². The third-order valence-electron chi connectivity index (χ3n) is 3.89. The summed E-state index contributed by atoms with van der Waals surface area (Å²) in [6, 6.07) is 2.05. The van der Waals surface area contributed by atoms with Crippen molar-refractivity contribution >= 4 is 12.0 Å². The van der Waals surface area contributed by atoms with E-state index in [1.165, 1.54) is 4.90 Å². The molecule has 0 saturated heterocycles. The highest BCUT2D eigenvalue weighted by Crippen LogP contribution is 2.27. The van der Waals surface area contributed by atoms with Crippen LogP contribution in [-0.4, -0.2) is 42.1 Å². The second kappa shape index (κ2) is 7.73. The summed E-state index contributed by atoms with van der Waals surface area (Å²) in [4.78, 5) is 24.0. The molecular formula is C14H23N3O3. The topological polar surface area (TPSA) is 93.4 Å². The lowest BCUT2D eigenvalue weighted by molar-refractivity contribution is -0.141. The fourth-order valence-electron chi connectivity index (χ4n) is 2.43. The van der Waals surface area contributed by atoms with E-state index in [1.807, 2.05) is 0 Å². The van der Waals surface area contributed by atoms with Crippen LogP contribution in [0.15, 0.2) is 0 Å². The summed E-state index contributed by atoms with van der Waals surface area (Å²) in [6.45, 7) is 2.38. The fraction of sp³-hybridized carbons (Fsp3) is 0.786. The summed E-state index contributed by atoms with van der Waals surface area (Å²) in [5, 5.41) is 20.5. The maximum absolute atomic E-state index is 11.8. The molecule has 1 saturated carbocycles. The van der Waals surface area contributed by atoms with Gasteiger partial charge in [0.1, 0.15) is 0 Å². The minimum absolute atomic E-state index is 0.168. The molecule has 1 unspecified atom stereocenters. The lowest BCUT2D eigenvalue weighted by Gasteiger charge is -2.26. The van der Waals surface area contributed by atoms with Gasteiger partial charge in [-0.2, -0.15) is 5.26 Å². The Balaban J connectivity index is 2.26. The lowest BCUT2D eigenvalue weighted by Crippen LogP contribution is -2.42. The average molecular weight is 281 g/mol.